The van der Waals surface area contributed by atoms with E-state index in [0.717, 1.165) is 12.0 Å². The number of likely N-dealkylation sites (tertiary alicyclic amines) is 1. The van der Waals surface area contributed by atoms with Crippen LogP contribution in [0.2, 0.25) is 0 Å². The van der Waals surface area contributed by atoms with Gasteiger partial charge in [0.15, 0.2) is 11.5 Å². The highest BCUT2D eigenvalue weighted by atomic mass is 16.5. The number of amides is 1. The fraction of sp³-hybridized carbons (Fsp3) is 0.400. The standard InChI is InChI=1S/C20H24N2O5/c1-13-5-6-18(21-11-13)27-15-7-8-22(12-15)20(23)14-9-16(24-2)19(26-4)17(10-14)25-3/h5-6,9-11,15H,7-8,12H2,1-4H3. The van der Waals surface area contributed by atoms with Gasteiger partial charge in [-0.25, -0.2) is 4.98 Å². The second kappa shape index (κ2) is 8.16. The molecular formula is C20H24N2O5. The van der Waals surface area contributed by atoms with Crippen LogP contribution in [0.4, 0.5) is 0 Å². The molecule has 3 rings (SSSR count). The van der Waals surface area contributed by atoms with Crippen molar-refractivity contribution in [2.45, 2.75) is 19.4 Å². The summed E-state index contributed by atoms with van der Waals surface area (Å²) in [7, 11) is 4.59. The fourth-order valence-electron chi connectivity index (χ4n) is 3.09. The van der Waals surface area contributed by atoms with Crippen LogP contribution in [0.3, 0.4) is 0 Å². The third kappa shape index (κ3) is 4.07. The first kappa shape index (κ1) is 18.8. The molecule has 1 amide bonds. The Morgan fingerprint density at radius 2 is 1.81 bits per heavy atom. The number of rotatable bonds is 6. The maximum atomic E-state index is 12.9. The fourth-order valence-corrected chi connectivity index (χ4v) is 3.09. The summed E-state index contributed by atoms with van der Waals surface area (Å²) in [5.41, 5.74) is 1.56. The second-order valence-electron chi connectivity index (χ2n) is 6.37. The van der Waals surface area contributed by atoms with Gasteiger partial charge < -0.3 is 23.8 Å². The van der Waals surface area contributed by atoms with Gasteiger partial charge in [0, 0.05) is 30.8 Å². The number of ether oxygens (including phenoxy) is 4. The second-order valence-corrected chi connectivity index (χ2v) is 6.37. The van der Waals surface area contributed by atoms with E-state index in [9.17, 15) is 4.79 Å². The van der Waals surface area contributed by atoms with Crippen LogP contribution >= 0.6 is 0 Å². The van der Waals surface area contributed by atoms with Gasteiger partial charge in [0.1, 0.15) is 6.10 Å². The molecule has 7 nitrogen and oxygen atoms in total. The molecule has 0 radical (unpaired) electrons. The van der Waals surface area contributed by atoms with Gasteiger partial charge in [0.05, 0.1) is 27.9 Å². The maximum absolute atomic E-state index is 12.9. The zero-order chi connectivity index (χ0) is 19.4. The SMILES string of the molecule is COc1cc(C(=O)N2CCC(Oc3ccc(C)cn3)C2)cc(OC)c1OC. The first-order chi connectivity index (χ1) is 13.0. The van der Waals surface area contributed by atoms with Gasteiger partial charge >= 0.3 is 0 Å². The van der Waals surface area contributed by atoms with Crippen LogP contribution < -0.4 is 18.9 Å². The zero-order valence-corrected chi connectivity index (χ0v) is 16.0. The van der Waals surface area contributed by atoms with E-state index in [-0.39, 0.29) is 12.0 Å². The lowest BCUT2D eigenvalue weighted by molar-refractivity contribution is 0.0770. The van der Waals surface area contributed by atoms with Crippen LogP contribution in [0.15, 0.2) is 30.5 Å². The smallest absolute Gasteiger partial charge is 0.254 e. The number of pyridine rings is 1. The van der Waals surface area contributed by atoms with Crippen molar-refractivity contribution >= 4 is 5.91 Å². The number of nitrogens with zero attached hydrogens (tertiary/aromatic N) is 2. The molecule has 0 spiro atoms. The van der Waals surface area contributed by atoms with Crippen LogP contribution in [0.5, 0.6) is 23.1 Å². The van der Waals surface area contributed by atoms with E-state index in [1.807, 2.05) is 19.1 Å². The average molecular weight is 372 g/mol. The highest BCUT2D eigenvalue weighted by Gasteiger charge is 2.29. The lowest BCUT2D eigenvalue weighted by atomic mass is 10.1. The van der Waals surface area contributed by atoms with Gasteiger partial charge in [-0.15, -0.1) is 0 Å². The number of hydrogen-bond acceptors (Lipinski definition) is 6. The summed E-state index contributed by atoms with van der Waals surface area (Å²) in [6, 6.07) is 7.13. The molecule has 1 aliphatic heterocycles. The van der Waals surface area contributed by atoms with Crippen LogP contribution in [-0.2, 0) is 0 Å². The minimum absolute atomic E-state index is 0.0776. The van der Waals surface area contributed by atoms with Gasteiger partial charge in [0.25, 0.3) is 5.91 Å². The molecule has 2 aromatic rings. The average Bonchev–Trinajstić information content (AvgIpc) is 3.16. The van der Waals surface area contributed by atoms with E-state index in [4.69, 9.17) is 18.9 Å². The molecule has 2 heterocycles. The normalized spacial score (nSPS) is 16.1. The first-order valence-electron chi connectivity index (χ1n) is 8.74. The van der Waals surface area contributed by atoms with Crippen LogP contribution in [-0.4, -0.2) is 56.3 Å². The van der Waals surface area contributed by atoms with Gasteiger partial charge in [-0.2, -0.15) is 0 Å². The Balaban J connectivity index is 1.72. The summed E-state index contributed by atoms with van der Waals surface area (Å²) in [4.78, 5) is 19.0. The number of hydrogen-bond donors (Lipinski definition) is 0. The van der Waals surface area contributed by atoms with Gasteiger partial charge in [0.2, 0.25) is 11.6 Å². The number of carbonyl (C=O) groups excluding carboxylic acids is 1. The molecule has 7 heteroatoms. The van der Waals surface area contributed by atoms with E-state index in [1.54, 1.807) is 23.2 Å². The molecular weight excluding hydrogens is 348 g/mol. The van der Waals surface area contributed by atoms with Crippen molar-refractivity contribution in [3.05, 3.63) is 41.6 Å². The molecule has 1 unspecified atom stereocenters. The summed E-state index contributed by atoms with van der Waals surface area (Å²) in [5, 5.41) is 0. The molecule has 144 valence electrons. The maximum Gasteiger partial charge on any atom is 0.254 e. The number of methoxy groups -OCH3 is 3. The predicted octanol–water partition coefficient (Wildman–Crippen LogP) is 2.71. The van der Waals surface area contributed by atoms with Crippen LogP contribution in [0, 0.1) is 6.92 Å². The molecule has 0 N–H and O–H groups in total. The van der Waals surface area contributed by atoms with Gasteiger partial charge in [-0.05, 0) is 24.6 Å². The Bertz CT molecular complexity index is 782. The van der Waals surface area contributed by atoms with Crippen LogP contribution in [0.25, 0.3) is 0 Å². The summed E-state index contributed by atoms with van der Waals surface area (Å²) in [5.74, 6) is 1.85. The predicted molar refractivity (Wildman–Crippen MR) is 100 cm³/mol. The Hall–Kier alpha value is -2.96. The number of benzene rings is 1. The summed E-state index contributed by atoms with van der Waals surface area (Å²) >= 11 is 0. The molecule has 0 saturated carbocycles. The molecule has 1 aliphatic rings. The molecule has 1 atom stereocenters. The van der Waals surface area contributed by atoms with E-state index in [2.05, 4.69) is 4.98 Å². The van der Waals surface area contributed by atoms with E-state index >= 15 is 0 Å². The Kier molecular flexibility index (Phi) is 5.69. The molecule has 1 aromatic heterocycles. The summed E-state index contributed by atoms with van der Waals surface area (Å²) in [6.45, 7) is 3.10. The summed E-state index contributed by atoms with van der Waals surface area (Å²) < 4.78 is 21.9. The molecule has 1 saturated heterocycles. The van der Waals surface area contributed by atoms with Crippen molar-refractivity contribution < 1.29 is 23.7 Å². The van der Waals surface area contributed by atoms with Crippen molar-refractivity contribution in [2.24, 2.45) is 0 Å². The number of aryl methyl sites for hydroxylation is 1. The lowest BCUT2D eigenvalue weighted by Gasteiger charge is -2.19. The highest BCUT2D eigenvalue weighted by molar-refractivity contribution is 5.95. The van der Waals surface area contributed by atoms with E-state index < -0.39 is 0 Å². The van der Waals surface area contributed by atoms with Gasteiger partial charge in [-0.3, -0.25) is 4.79 Å². The van der Waals surface area contributed by atoms with Crippen molar-refractivity contribution in [2.75, 3.05) is 34.4 Å². The van der Waals surface area contributed by atoms with Gasteiger partial charge in [-0.1, -0.05) is 6.07 Å². The molecule has 1 fully saturated rings. The number of carbonyl (C=O) groups is 1. The van der Waals surface area contributed by atoms with Crippen molar-refractivity contribution in [1.29, 1.82) is 0 Å². The minimum Gasteiger partial charge on any atom is -0.493 e. The largest absolute Gasteiger partial charge is 0.493 e. The number of aromatic nitrogens is 1. The van der Waals surface area contributed by atoms with E-state index in [0.29, 0.717) is 41.8 Å². The topological polar surface area (TPSA) is 70.1 Å². The molecule has 0 bridgehead atoms. The monoisotopic (exact) mass is 372 g/mol. The quantitative estimate of drug-likeness (QED) is 0.777. The molecule has 0 aliphatic carbocycles. The van der Waals surface area contributed by atoms with Crippen molar-refractivity contribution in [3.63, 3.8) is 0 Å². The van der Waals surface area contributed by atoms with Crippen LogP contribution in [0.1, 0.15) is 22.3 Å². The van der Waals surface area contributed by atoms with Crippen molar-refractivity contribution in [3.8, 4) is 23.1 Å². The Morgan fingerprint density at radius 1 is 1.11 bits per heavy atom. The van der Waals surface area contributed by atoms with Crippen molar-refractivity contribution in [1.82, 2.24) is 9.88 Å². The first-order valence-corrected chi connectivity index (χ1v) is 8.74. The Labute approximate surface area is 158 Å². The Morgan fingerprint density at radius 3 is 2.37 bits per heavy atom. The molecule has 1 aromatic carbocycles. The lowest BCUT2D eigenvalue weighted by Crippen LogP contribution is -2.31. The summed E-state index contributed by atoms with van der Waals surface area (Å²) in [6.07, 6.45) is 2.45. The molecule has 27 heavy (non-hydrogen) atoms. The zero-order valence-electron chi connectivity index (χ0n) is 16.0. The highest BCUT2D eigenvalue weighted by Crippen LogP contribution is 2.38. The van der Waals surface area contributed by atoms with E-state index in [1.165, 1.54) is 21.3 Å². The minimum atomic E-state index is -0.0998. The third-order valence-electron chi connectivity index (χ3n) is 4.52. The third-order valence-corrected chi connectivity index (χ3v) is 4.52.